The number of fused-ring (bicyclic) bond motifs is 9. The molecule has 0 spiro atoms. The molecule has 2 aromatic heterocycles. The quantitative estimate of drug-likeness (QED) is 0.240. The lowest BCUT2D eigenvalue weighted by atomic mass is 9.33. The summed E-state index contributed by atoms with van der Waals surface area (Å²) in [7, 11) is 6.07. The van der Waals surface area contributed by atoms with Crippen molar-refractivity contribution in [3.63, 3.8) is 0 Å². The highest BCUT2D eigenvalue weighted by molar-refractivity contribution is 9.10. The number of carbonyl (C=O) groups excluding carboxylic acids is 2. The van der Waals surface area contributed by atoms with Gasteiger partial charge in [-0.2, -0.15) is 0 Å². The maximum Gasteiger partial charge on any atom is 0.339 e. The molecule has 1 aromatic carbocycles. The van der Waals surface area contributed by atoms with E-state index in [1.807, 2.05) is 20.1 Å². The molecule has 12 unspecified atom stereocenters. The molecule has 0 radical (unpaired) electrons. The van der Waals surface area contributed by atoms with Gasteiger partial charge in [0.1, 0.15) is 5.60 Å². The van der Waals surface area contributed by atoms with Crippen LogP contribution in [0.25, 0.3) is 10.9 Å². The number of hydrogen-bond acceptors (Lipinski definition) is 8. The molecule has 65 heavy (non-hydrogen) atoms. The molecule has 0 bridgehead atoms. The highest BCUT2D eigenvalue weighted by Crippen LogP contribution is 2.75. The first-order chi connectivity index (χ1) is 30.5. The summed E-state index contributed by atoms with van der Waals surface area (Å²) in [6.07, 6.45) is 17.2. The Bertz CT molecular complexity index is 2460. The van der Waals surface area contributed by atoms with Gasteiger partial charge in [0.2, 0.25) is 0 Å². The average molecular weight is 955 g/mol. The number of methoxy groups -OCH3 is 1. The number of rotatable bonds is 5. The van der Waals surface area contributed by atoms with E-state index in [0.29, 0.717) is 24.5 Å². The van der Waals surface area contributed by atoms with E-state index < -0.39 is 17.0 Å². The van der Waals surface area contributed by atoms with Crippen molar-refractivity contribution in [1.82, 2.24) is 14.5 Å². The van der Waals surface area contributed by atoms with Crippen LogP contribution in [0.4, 0.5) is 0 Å². The number of ketones is 1. The Kier molecular flexibility index (Phi) is 11.4. The number of pyridine rings is 1. The zero-order valence-electron chi connectivity index (χ0n) is 40.4. The highest BCUT2D eigenvalue weighted by atomic mass is 79.9. The van der Waals surface area contributed by atoms with E-state index in [0.717, 1.165) is 75.2 Å². The summed E-state index contributed by atoms with van der Waals surface area (Å²) < 4.78 is 15.0. The third kappa shape index (κ3) is 6.91. The van der Waals surface area contributed by atoms with E-state index >= 15 is 0 Å². The lowest BCUT2D eigenvalue weighted by molar-refractivity contribution is -0.202. The van der Waals surface area contributed by atoms with Crippen LogP contribution in [0.5, 0.6) is 0 Å². The van der Waals surface area contributed by atoms with Crippen molar-refractivity contribution >= 4 is 44.6 Å². The fourth-order valence-corrected chi connectivity index (χ4v) is 16.4. The number of halogens is 1. The number of aromatic nitrogens is 2. The number of ether oxygens (including phenoxy) is 2. The Hall–Kier alpha value is -3.38. The summed E-state index contributed by atoms with van der Waals surface area (Å²) in [5.41, 5.74) is 4.04. The molecule has 3 aromatic rings. The summed E-state index contributed by atoms with van der Waals surface area (Å²) in [4.78, 5) is 45.4. The molecule has 10 rings (SSSR count). The number of esters is 1. The van der Waals surface area contributed by atoms with Gasteiger partial charge < -0.3 is 24.3 Å². The van der Waals surface area contributed by atoms with Gasteiger partial charge in [-0.3, -0.25) is 19.5 Å². The number of nitrogens with zero attached hydrogens (tertiary/aromatic N) is 3. The fourth-order valence-electron chi connectivity index (χ4n) is 16.0. The minimum atomic E-state index is -0.711. The van der Waals surface area contributed by atoms with E-state index in [1.54, 1.807) is 12.3 Å². The number of carboxylic acids is 1. The van der Waals surface area contributed by atoms with E-state index in [2.05, 4.69) is 110 Å². The molecule has 0 amide bonds. The van der Waals surface area contributed by atoms with E-state index in [4.69, 9.17) is 9.47 Å². The smallest absolute Gasteiger partial charge is 0.339 e. The second-order valence-corrected chi connectivity index (χ2v) is 24.6. The normalized spacial score (nSPS) is 40.4. The van der Waals surface area contributed by atoms with Crippen molar-refractivity contribution in [2.75, 3.05) is 27.3 Å². The molecule has 2 N–H and O–H groups in total. The molecule has 5 fully saturated rings. The summed E-state index contributed by atoms with van der Waals surface area (Å²) >= 11 is 3.35. The molecule has 1 saturated heterocycles. The zero-order chi connectivity index (χ0) is 46.9. The minimum Gasteiger partial charge on any atom is -0.481 e. The Labute approximate surface area is 394 Å². The van der Waals surface area contributed by atoms with Crippen LogP contribution >= 0.6 is 15.9 Å². The van der Waals surface area contributed by atoms with Crippen LogP contribution in [-0.2, 0) is 38.1 Å². The first-order valence-electron chi connectivity index (χ1n) is 24.3. The number of carbonyl (C=O) groups is 3. The van der Waals surface area contributed by atoms with Crippen molar-refractivity contribution in [3.05, 3.63) is 75.7 Å². The van der Waals surface area contributed by atoms with E-state index in [1.165, 1.54) is 33.8 Å². The number of aliphatic hydroxyl groups is 1. The van der Waals surface area contributed by atoms with Gasteiger partial charge in [-0.05, 0) is 169 Å². The van der Waals surface area contributed by atoms with Crippen molar-refractivity contribution in [3.8, 4) is 0 Å². The third-order valence-corrected chi connectivity index (χ3v) is 20.4. The lowest BCUT2D eigenvalue weighted by Crippen LogP contribution is -2.66. The molecule has 4 saturated carbocycles. The fraction of sp³-hybridized carbons (Fsp3) is 0.667. The number of benzene rings is 1. The molecular formula is C54H72BrN3O7. The molecule has 6 aliphatic carbocycles. The number of carboxylic acid groups (broad SMARTS) is 1. The molecule has 7 aliphatic rings. The summed E-state index contributed by atoms with van der Waals surface area (Å²) in [6, 6.07) is 8.47. The third-order valence-electron chi connectivity index (χ3n) is 20.0. The molecule has 12 atom stereocenters. The first-order valence-corrected chi connectivity index (χ1v) is 25.1. The second-order valence-electron chi connectivity index (χ2n) is 23.7. The number of aliphatic hydroxyl groups excluding tert-OH is 1. The van der Waals surface area contributed by atoms with Crippen LogP contribution in [0.15, 0.2) is 59.0 Å². The van der Waals surface area contributed by atoms with Crippen LogP contribution < -0.4 is 0 Å². The lowest BCUT2D eigenvalue weighted by Gasteiger charge is -2.70. The number of likely N-dealkylation sites (N-methyl/N-ethyl adjacent to an activating group) is 1. The zero-order valence-corrected chi connectivity index (χ0v) is 42.0. The average Bonchev–Trinajstić information content (AvgIpc) is 3.58. The molecular weight excluding hydrogens is 883 g/mol. The number of hydrogen-bond donors (Lipinski definition) is 2. The maximum atomic E-state index is 14.2. The van der Waals surface area contributed by atoms with Crippen molar-refractivity contribution in [2.45, 2.75) is 137 Å². The second kappa shape index (κ2) is 15.8. The topological polar surface area (TPSA) is 131 Å². The van der Waals surface area contributed by atoms with Crippen LogP contribution in [0.2, 0.25) is 0 Å². The van der Waals surface area contributed by atoms with Crippen LogP contribution in [0.1, 0.15) is 134 Å². The molecule has 352 valence electrons. The van der Waals surface area contributed by atoms with Gasteiger partial charge in [0.25, 0.3) is 0 Å². The Morgan fingerprint density at radius 1 is 0.954 bits per heavy atom. The van der Waals surface area contributed by atoms with Crippen molar-refractivity contribution in [2.24, 2.45) is 63.2 Å². The van der Waals surface area contributed by atoms with Gasteiger partial charge in [0, 0.05) is 72.5 Å². The van der Waals surface area contributed by atoms with Crippen molar-refractivity contribution < 1.29 is 34.1 Å². The number of likely N-dealkylation sites (tertiary alicyclic amines) is 1. The summed E-state index contributed by atoms with van der Waals surface area (Å²) in [5, 5.41) is 22.2. The standard InChI is InChI=1S/C30H46O4.C24H26BrN3O3/c1-25(2)21-8-11-30(7)23(28(21,5)10-9-22(25)32)20(31)16-18-19-17-27(4,24(33)34)13-12-26(19,3)14-15-29(18,30)6;1-27-13-17-8-21-24(30-3,19-5-4-6-20(27)22(17)19)9-15(12-28(21)2)14-31-23(29)16-7-18(25)11-26-10-16/h16,19,21-23,32H,8-15,17H2,1-7H3,(H,33,34);4-7,10-11,13,15,21H,8-9,12,14H2,1-3H3. The van der Waals surface area contributed by atoms with Gasteiger partial charge in [0.15, 0.2) is 5.78 Å². The number of allylic oxidation sites excluding steroid dienone is 2. The van der Waals surface area contributed by atoms with Gasteiger partial charge in [0.05, 0.1) is 23.7 Å². The molecule has 1 aliphatic heterocycles. The summed E-state index contributed by atoms with van der Waals surface area (Å²) in [5.74, 6) is -0.114. The van der Waals surface area contributed by atoms with Crippen LogP contribution in [0.3, 0.4) is 0 Å². The van der Waals surface area contributed by atoms with Crippen molar-refractivity contribution in [1.29, 1.82) is 0 Å². The Morgan fingerprint density at radius 3 is 2.40 bits per heavy atom. The number of aliphatic carboxylic acids is 1. The van der Waals surface area contributed by atoms with Crippen LogP contribution in [-0.4, -0.2) is 81.8 Å². The highest BCUT2D eigenvalue weighted by Gasteiger charge is 2.70. The van der Waals surface area contributed by atoms with E-state index in [-0.39, 0.29) is 68.7 Å². The van der Waals surface area contributed by atoms with Crippen LogP contribution in [0, 0.1) is 56.2 Å². The SMILES string of the molecule is CC1(C(=O)O)CCC2(C)CCC3(C)C(=CC(=O)C4C5(C)CCC(O)C(C)(C)C5CCC43C)C2C1.COC12CC(COC(=O)c3cncc(Br)c3)CN(C)C1Cc1cn(C)c3cccc2c13. The number of piperidine rings is 1. The number of aryl methyl sites for hydroxylation is 1. The predicted octanol–water partition coefficient (Wildman–Crippen LogP) is 10.3. The predicted molar refractivity (Wildman–Crippen MR) is 255 cm³/mol. The van der Waals surface area contributed by atoms with Gasteiger partial charge >= 0.3 is 11.9 Å². The van der Waals surface area contributed by atoms with Gasteiger partial charge in [-0.15, -0.1) is 0 Å². The van der Waals surface area contributed by atoms with E-state index in [9.17, 15) is 24.6 Å². The van der Waals surface area contributed by atoms with Gasteiger partial charge in [-0.1, -0.05) is 59.2 Å². The largest absolute Gasteiger partial charge is 0.481 e. The van der Waals surface area contributed by atoms with Gasteiger partial charge in [-0.25, -0.2) is 4.79 Å². The summed E-state index contributed by atoms with van der Waals surface area (Å²) in [6.45, 7) is 17.0. The first kappa shape index (κ1) is 46.7. The molecule has 10 nitrogen and oxygen atoms in total. The maximum absolute atomic E-state index is 14.2. The Balaban J connectivity index is 0.000000165. The molecule has 3 heterocycles. The monoisotopic (exact) mass is 953 g/mol. The minimum absolute atomic E-state index is 0.0296. The molecule has 11 heteroatoms. The Morgan fingerprint density at radius 2 is 1.69 bits per heavy atom.